The van der Waals surface area contributed by atoms with Crippen molar-refractivity contribution >= 4 is 15.9 Å². The summed E-state index contributed by atoms with van der Waals surface area (Å²) in [5.41, 5.74) is 0. The van der Waals surface area contributed by atoms with Crippen molar-refractivity contribution in [2.45, 2.75) is 0 Å². The molecule has 0 atom stereocenters. The van der Waals surface area contributed by atoms with Crippen molar-refractivity contribution in [2.24, 2.45) is 0 Å². The van der Waals surface area contributed by atoms with Crippen LogP contribution in [0.25, 0.3) is 0 Å². The van der Waals surface area contributed by atoms with E-state index in [4.69, 9.17) is 5.11 Å². The van der Waals surface area contributed by atoms with Crippen LogP contribution in [0.4, 0.5) is 0 Å². The minimum atomic E-state index is -2.32. The molecule has 0 unspecified atom stereocenters. The molecule has 0 radical (unpaired) electrons. The van der Waals surface area contributed by atoms with Crippen LogP contribution in [0.2, 0.25) is 0 Å². The van der Waals surface area contributed by atoms with Crippen LogP contribution >= 0.6 is 0 Å². The van der Waals surface area contributed by atoms with Gasteiger partial charge in [0.25, 0.3) is 0 Å². The van der Waals surface area contributed by atoms with Gasteiger partial charge in [0.1, 0.15) is 0 Å². The van der Waals surface area contributed by atoms with E-state index in [0.29, 0.717) is 0 Å². The van der Waals surface area contributed by atoms with E-state index in [-0.39, 0.29) is 25.2 Å². The topological polar surface area (TPSA) is 54.4 Å². The molecule has 0 rings (SSSR count). The molecule has 0 aliphatic rings. The summed E-state index contributed by atoms with van der Waals surface area (Å²) in [5.74, 6) is -1.19. The number of carboxylic acid groups (broad SMARTS) is 1. The molecular weight excluding hydrogens is 193 g/mol. The third kappa shape index (κ3) is 11.7. The van der Waals surface area contributed by atoms with Gasteiger partial charge in [-0.2, -0.15) is 0 Å². The summed E-state index contributed by atoms with van der Waals surface area (Å²) in [6.07, 6.45) is 2.92. The van der Waals surface area contributed by atoms with Gasteiger partial charge in [0.15, 0.2) is 0 Å². The minimum Gasteiger partial charge on any atom is -0.481 e. The molecule has 0 bridgehead atoms. The molecule has 1 N–H and O–H groups in total. The third-order valence-electron chi connectivity index (χ3n) is 0.516. The fraction of sp³-hybridized carbons (Fsp3) is 0.750. The molecule has 0 amide bonds. The maximum absolute atomic E-state index is 10.6. The number of aliphatic carboxylic acids is 1. The first kappa shape index (κ1) is 12.0. The molecule has 0 saturated heterocycles. The number of rotatable bonds is 2. The molecule has 0 heterocycles. The number of hydrogen-bond donors (Lipinski definition) is 2. The fourth-order valence-electron chi connectivity index (χ4n) is 0.326. The van der Waals surface area contributed by atoms with Crippen molar-refractivity contribution < 1.29 is 33.6 Å². The van der Waals surface area contributed by atoms with E-state index in [1.54, 1.807) is 0 Å². The predicted molar refractivity (Wildman–Crippen MR) is 33.9 cm³/mol. The number of hydrogen-bond acceptors (Lipinski definition) is 2. The molecule has 52 valence electrons. The van der Waals surface area contributed by atoms with Crippen LogP contribution in [0.5, 0.6) is 0 Å². The van der Waals surface area contributed by atoms with Gasteiger partial charge in [0.2, 0.25) is 0 Å². The summed E-state index contributed by atoms with van der Waals surface area (Å²) in [5, 5.41) is 8.08. The molecule has 0 aromatic carbocycles. The standard InChI is InChI=1S/C4H10O3S.Zn/c1-8(2,7)3-4(5)6;/h8H,3H2,1-2H3,(H,5,6);. The summed E-state index contributed by atoms with van der Waals surface area (Å²) >= 11 is 0. The Morgan fingerprint density at radius 1 is 1.56 bits per heavy atom. The molecule has 0 spiro atoms. The van der Waals surface area contributed by atoms with E-state index in [0.717, 1.165) is 0 Å². The second-order valence-electron chi connectivity index (χ2n) is 2.13. The number of carbonyl (C=O) groups is 1. The molecule has 0 aliphatic carbocycles. The Morgan fingerprint density at radius 2 is 1.89 bits per heavy atom. The Hall–Kier alpha value is 0.243. The van der Waals surface area contributed by atoms with Gasteiger partial charge >= 0.3 is 5.97 Å². The third-order valence-corrected chi connectivity index (χ3v) is 1.55. The Balaban J connectivity index is 0. The van der Waals surface area contributed by atoms with Crippen molar-refractivity contribution in [3.8, 4) is 0 Å². The van der Waals surface area contributed by atoms with Gasteiger partial charge in [-0.1, -0.05) is 9.93 Å². The van der Waals surface area contributed by atoms with Crippen LogP contribution in [-0.4, -0.2) is 33.5 Å². The molecular formula is C4H10O3SZn. The maximum atomic E-state index is 10.6. The maximum Gasteiger partial charge on any atom is 0.314 e. The Labute approximate surface area is 68.0 Å². The second kappa shape index (κ2) is 4.12. The zero-order valence-corrected chi connectivity index (χ0v) is 9.49. The molecule has 0 fully saturated rings. The van der Waals surface area contributed by atoms with E-state index in [2.05, 4.69) is 0 Å². The van der Waals surface area contributed by atoms with Gasteiger partial charge in [0.05, 0.1) is 5.75 Å². The van der Waals surface area contributed by atoms with Crippen LogP contribution in [0.3, 0.4) is 0 Å². The van der Waals surface area contributed by atoms with Gasteiger partial charge in [0, 0.05) is 19.5 Å². The molecule has 0 saturated carbocycles. The quantitative estimate of drug-likeness (QED) is 0.463. The average molecular weight is 204 g/mol. The van der Waals surface area contributed by atoms with E-state index in [9.17, 15) is 9.00 Å². The monoisotopic (exact) mass is 202 g/mol. The van der Waals surface area contributed by atoms with E-state index >= 15 is 0 Å². The molecule has 5 heteroatoms. The fourth-order valence-corrected chi connectivity index (χ4v) is 0.977. The Kier molecular flexibility index (Phi) is 5.48. The first-order valence-corrected chi connectivity index (χ1v) is 4.96. The summed E-state index contributed by atoms with van der Waals surface area (Å²) in [6, 6.07) is 0. The van der Waals surface area contributed by atoms with Gasteiger partial charge in [-0.05, 0) is 12.5 Å². The van der Waals surface area contributed by atoms with Crippen LogP contribution in [-0.2, 0) is 34.2 Å². The van der Waals surface area contributed by atoms with Crippen LogP contribution in [0, 0.1) is 0 Å². The normalized spacial score (nSPS) is 11.8. The summed E-state index contributed by atoms with van der Waals surface area (Å²) in [7, 11) is -2.32. The van der Waals surface area contributed by atoms with Gasteiger partial charge in [-0.15, -0.1) is 0 Å². The first-order chi connectivity index (χ1) is 3.42. The summed E-state index contributed by atoms with van der Waals surface area (Å²) < 4.78 is 10.6. The van der Waals surface area contributed by atoms with Crippen molar-refractivity contribution in [3.63, 3.8) is 0 Å². The smallest absolute Gasteiger partial charge is 0.314 e. The number of thiol groups is 1. The van der Waals surface area contributed by atoms with Crippen LogP contribution in [0.15, 0.2) is 0 Å². The predicted octanol–water partition coefficient (Wildman–Crippen LogP) is -0.655. The van der Waals surface area contributed by atoms with E-state index < -0.39 is 15.9 Å². The first-order valence-electron chi connectivity index (χ1n) is 2.17. The van der Waals surface area contributed by atoms with Crippen LogP contribution in [0.1, 0.15) is 0 Å². The Morgan fingerprint density at radius 3 is 1.89 bits per heavy atom. The Bertz CT molecular complexity index is 139. The minimum absolute atomic E-state index is 0. The van der Waals surface area contributed by atoms with Crippen molar-refractivity contribution in [3.05, 3.63) is 0 Å². The summed E-state index contributed by atoms with van der Waals surface area (Å²) in [4.78, 5) is 9.84. The van der Waals surface area contributed by atoms with E-state index in [1.807, 2.05) is 0 Å². The average Bonchev–Trinajstić information content (AvgIpc) is 1.21. The number of carboxylic acids is 1. The van der Waals surface area contributed by atoms with Gasteiger partial charge in [-0.25, -0.2) is 0 Å². The largest absolute Gasteiger partial charge is 0.481 e. The molecule has 9 heavy (non-hydrogen) atoms. The van der Waals surface area contributed by atoms with Crippen molar-refractivity contribution in [2.75, 3.05) is 18.3 Å². The van der Waals surface area contributed by atoms with Crippen LogP contribution < -0.4 is 0 Å². The van der Waals surface area contributed by atoms with Crippen molar-refractivity contribution in [1.82, 2.24) is 0 Å². The molecule has 0 aromatic heterocycles. The van der Waals surface area contributed by atoms with E-state index in [1.165, 1.54) is 12.5 Å². The zero-order chi connectivity index (χ0) is 6.78. The SMILES string of the molecule is C[SH](C)(=O)CC(=O)O.[Zn]. The molecule has 0 aromatic rings. The molecule has 3 nitrogen and oxygen atoms in total. The van der Waals surface area contributed by atoms with Gasteiger partial charge in [-0.3, -0.25) is 9.00 Å². The summed E-state index contributed by atoms with van der Waals surface area (Å²) in [6.45, 7) is 0. The van der Waals surface area contributed by atoms with Crippen molar-refractivity contribution in [1.29, 1.82) is 0 Å². The second-order valence-corrected chi connectivity index (χ2v) is 5.59. The zero-order valence-electron chi connectivity index (χ0n) is 5.63. The van der Waals surface area contributed by atoms with Gasteiger partial charge < -0.3 is 5.11 Å². The molecule has 0 aliphatic heterocycles.